The van der Waals surface area contributed by atoms with Crippen molar-refractivity contribution in [3.8, 4) is 0 Å². The summed E-state index contributed by atoms with van der Waals surface area (Å²) in [6, 6.07) is 8.42. The Morgan fingerprint density at radius 1 is 1.16 bits per heavy atom. The Morgan fingerprint density at radius 2 is 2.00 bits per heavy atom. The van der Waals surface area contributed by atoms with Crippen molar-refractivity contribution in [1.82, 2.24) is 4.98 Å². The first-order valence-corrected chi connectivity index (χ1v) is 9.04. The Labute approximate surface area is 123 Å². The van der Waals surface area contributed by atoms with E-state index in [9.17, 15) is 0 Å². The lowest BCUT2D eigenvalue weighted by Crippen LogP contribution is -3.12. The van der Waals surface area contributed by atoms with Crippen LogP contribution in [0.3, 0.4) is 0 Å². The standard InChI is InChI=1S/C15H20N2S2/c1-4-9-17(10-5-1)11-6-12-18-15-16-13-7-2-3-8-14(13)19-15/h2-3,7-8H,1,4-6,9-12H2/p+1. The second-order valence-electron chi connectivity index (χ2n) is 5.21. The van der Waals surface area contributed by atoms with Crippen LogP contribution < -0.4 is 4.90 Å². The average Bonchev–Trinajstić information content (AvgIpc) is 2.87. The first-order valence-electron chi connectivity index (χ1n) is 7.24. The van der Waals surface area contributed by atoms with Crippen molar-refractivity contribution >= 4 is 33.3 Å². The van der Waals surface area contributed by atoms with E-state index in [-0.39, 0.29) is 0 Å². The molecule has 0 aliphatic carbocycles. The van der Waals surface area contributed by atoms with Gasteiger partial charge in [0.1, 0.15) is 0 Å². The molecule has 0 radical (unpaired) electrons. The van der Waals surface area contributed by atoms with Crippen LogP contribution in [0.2, 0.25) is 0 Å². The van der Waals surface area contributed by atoms with E-state index < -0.39 is 0 Å². The smallest absolute Gasteiger partial charge is 0.151 e. The monoisotopic (exact) mass is 293 g/mol. The summed E-state index contributed by atoms with van der Waals surface area (Å²) in [5.74, 6) is 1.21. The number of thiazole rings is 1. The van der Waals surface area contributed by atoms with Gasteiger partial charge in [-0.25, -0.2) is 4.98 Å². The largest absolute Gasteiger partial charge is 0.335 e. The van der Waals surface area contributed by atoms with Crippen molar-refractivity contribution in [2.75, 3.05) is 25.4 Å². The molecule has 1 aromatic heterocycles. The van der Waals surface area contributed by atoms with Gasteiger partial charge in [0.2, 0.25) is 0 Å². The third kappa shape index (κ3) is 3.71. The molecule has 4 heteroatoms. The predicted molar refractivity (Wildman–Crippen MR) is 84.4 cm³/mol. The molecule has 0 saturated carbocycles. The van der Waals surface area contributed by atoms with Crippen LogP contribution in [-0.2, 0) is 0 Å². The highest BCUT2D eigenvalue weighted by Crippen LogP contribution is 2.29. The number of aromatic nitrogens is 1. The van der Waals surface area contributed by atoms with Gasteiger partial charge in [0.15, 0.2) is 4.34 Å². The van der Waals surface area contributed by atoms with E-state index in [1.807, 2.05) is 28.0 Å². The number of hydrogen-bond donors (Lipinski definition) is 1. The molecule has 3 rings (SSSR count). The lowest BCUT2D eigenvalue weighted by molar-refractivity contribution is -0.904. The minimum Gasteiger partial charge on any atom is -0.335 e. The van der Waals surface area contributed by atoms with Crippen molar-refractivity contribution in [3.05, 3.63) is 24.3 Å². The van der Waals surface area contributed by atoms with Crippen LogP contribution in [0.15, 0.2) is 28.6 Å². The normalized spacial score (nSPS) is 17.1. The Bertz CT molecular complexity index is 485. The van der Waals surface area contributed by atoms with Gasteiger partial charge in [0.05, 0.1) is 29.9 Å². The van der Waals surface area contributed by atoms with Gasteiger partial charge in [0.25, 0.3) is 0 Å². The van der Waals surface area contributed by atoms with Crippen molar-refractivity contribution in [2.45, 2.75) is 30.0 Å². The molecule has 1 saturated heterocycles. The molecule has 0 spiro atoms. The van der Waals surface area contributed by atoms with E-state index in [1.165, 1.54) is 60.1 Å². The van der Waals surface area contributed by atoms with E-state index in [0.717, 1.165) is 5.52 Å². The molecule has 0 unspecified atom stereocenters. The maximum Gasteiger partial charge on any atom is 0.151 e. The van der Waals surface area contributed by atoms with Crippen LogP contribution in [-0.4, -0.2) is 30.4 Å². The summed E-state index contributed by atoms with van der Waals surface area (Å²) >= 11 is 3.76. The van der Waals surface area contributed by atoms with Gasteiger partial charge < -0.3 is 4.90 Å². The number of benzene rings is 1. The highest BCUT2D eigenvalue weighted by molar-refractivity contribution is 8.01. The molecule has 0 amide bonds. The number of para-hydroxylation sites is 1. The maximum absolute atomic E-state index is 4.67. The highest BCUT2D eigenvalue weighted by atomic mass is 32.2. The lowest BCUT2D eigenvalue weighted by atomic mass is 10.1. The number of nitrogens with one attached hydrogen (secondary N) is 1. The summed E-state index contributed by atoms with van der Waals surface area (Å²) in [6.45, 7) is 4.13. The Hall–Kier alpha value is -0.580. The van der Waals surface area contributed by atoms with E-state index >= 15 is 0 Å². The third-order valence-electron chi connectivity index (χ3n) is 3.74. The van der Waals surface area contributed by atoms with E-state index in [1.54, 1.807) is 0 Å². The van der Waals surface area contributed by atoms with Gasteiger partial charge in [-0.15, -0.1) is 11.3 Å². The van der Waals surface area contributed by atoms with Crippen LogP contribution in [0.4, 0.5) is 0 Å². The summed E-state index contributed by atoms with van der Waals surface area (Å²) in [5.41, 5.74) is 1.15. The van der Waals surface area contributed by atoms with E-state index in [0.29, 0.717) is 0 Å². The summed E-state index contributed by atoms with van der Waals surface area (Å²) in [5, 5.41) is 0. The quantitative estimate of drug-likeness (QED) is 0.674. The van der Waals surface area contributed by atoms with Crippen molar-refractivity contribution in [3.63, 3.8) is 0 Å². The summed E-state index contributed by atoms with van der Waals surface area (Å²) in [7, 11) is 0. The van der Waals surface area contributed by atoms with Crippen LogP contribution in [0.1, 0.15) is 25.7 Å². The Morgan fingerprint density at radius 3 is 2.84 bits per heavy atom. The summed E-state index contributed by atoms with van der Waals surface area (Å²) in [6.07, 6.45) is 5.63. The molecule has 1 N–H and O–H groups in total. The number of nitrogens with zero attached hydrogens (tertiary/aromatic N) is 1. The molecule has 1 aromatic carbocycles. The number of fused-ring (bicyclic) bond motifs is 1. The predicted octanol–water partition coefficient (Wildman–Crippen LogP) is 2.85. The molecule has 2 heterocycles. The molecule has 0 atom stereocenters. The van der Waals surface area contributed by atoms with Crippen molar-refractivity contribution in [1.29, 1.82) is 0 Å². The highest BCUT2D eigenvalue weighted by Gasteiger charge is 2.12. The Kier molecular flexibility index (Phi) is 4.75. The number of quaternary nitrogens is 1. The van der Waals surface area contributed by atoms with Gasteiger partial charge in [-0.2, -0.15) is 0 Å². The van der Waals surface area contributed by atoms with Crippen molar-refractivity contribution < 1.29 is 4.90 Å². The van der Waals surface area contributed by atoms with Crippen LogP contribution in [0.25, 0.3) is 10.2 Å². The second kappa shape index (κ2) is 6.73. The molecule has 102 valence electrons. The maximum atomic E-state index is 4.67. The number of hydrogen-bond acceptors (Lipinski definition) is 3. The van der Waals surface area contributed by atoms with Gasteiger partial charge in [-0.1, -0.05) is 23.9 Å². The number of rotatable bonds is 5. The first-order chi connectivity index (χ1) is 9.42. The summed E-state index contributed by atoms with van der Waals surface area (Å²) in [4.78, 5) is 6.49. The zero-order chi connectivity index (χ0) is 12.9. The molecular weight excluding hydrogens is 272 g/mol. The zero-order valence-electron chi connectivity index (χ0n) is 11.2. The third-order valence-corrected chi connectivity index (χ3v) is 6.00. The Balaban J connectivity index is 1.44. The summed E-state index contributed by atoms with van der Waals surface area (Å²) < 4.78 is 2.54. The van der Waals surface area contributed by atoms with Crippen LogP contribution >= 0.6 is 23.1 Å². The van der Waals surface area contributed by atoms with Crippen molar-refractivity contribution in [2.24, 2.45) is 0 Å². The van der Waals surface area contributed by atoms with Gasteiger partial charge >= 0.3 is 0 Å². The number of likely N-dealkylation sites (tertiary alicyclic amines) is 1. The van der Waals surface area contributed by atoms with Gasteiger partial charge in [-0.3, -0.25) is 0 Å². The fourth-order valence-electron chi connectivity index (χ4n) is 2.70. The van der Waals surface area contributed by atoms with Gasteiger partial charge in [-0.05, 0) is 31.4 Å². The van der Waals surface area contributed by atoms with Crippen LogP contribution in [0.5, 0.6) is 0 Å². The molecule has 1 aliphatic rings. The molecule has 1 fully saturated rings. The molecule has 2 aromatic rings. The molecule has 1 aliphatic heterocycles. The second-order valence-corrected chi connectivity index (χ2v) is 7.58. The molecular formula is C15H21N2S2+. The minimum atomic E-state index is 1.15. The van der Waals surface area contributed by atoms with E-state index in [4.69, 9.17) is 0 Å². The van der Waals surface area contributed by atoms with Crippen LogP contribution in [0, 0.1) is 0 Å². The van der Waals surface area contributed by atoms with E-state index in [2.05, 4.69) is 29.2 Å². The zero-order valence-corrected chi connectivity index (χ0v) is 12.9. The topological polar surface area (TPSA) is 17.3 Å². The molecule has 19 heavy (non-hydrogen) atoms. The van der Waals surface area contributed by atoms with Gasteiger partial charge in [0, 0.05) is 12.2 Å². The SMILES string of the molecule is c1ccc2sc(SCCC[NH+]3CCCCC3)nc2c1. The lowest BCUT2D eigenvalue weighted by Gasteiger charge is -2.23. The minimum absolute atomic E-state index is 1.15. The molecule has 0 bridgehead atoms. The average molecular weight is 293 g/mol. The number of thioether (sulfide) groups is 1. The number of piperidine rings is 1. The first kappa shape index (κ1) is 13.4. The fraction of sp³-hybridized carbons (Fsp3) is 0.533. The molecule has 2 nitrogen and oxygen atoms in total. The fourth-order valence-corrected chi connectivity index (χ4v) is 4.77.